The zero-order chi connectivity index (χ0) is 7.11. The molecule has 0 spiro atoms. The van der Waals surface area contributed by atoms with Gasteiger partial charge in [0.1, 0.15) is 6.61 Å². The van der Waals surface area contributed by atoms with Crippen LogP contribution < -0.4 is 0 Å². The van der Waals surface area contributed by atoms with Gasteiger partial charge in [0, 0.05) is 0 Å². The molecule has 0 N–H and O–H groups in total. The van der Waals surface area contributed by atoms with Gasteiger partial charge < -0.3 is 4.84 Å². The van der Waals surface area contributed by atoms with Gasteiger partial charge in [-0.05, 0) is 26.8 Å². The van der Waals surface area contributed by atoms with E-state index >= 15 is 0 Å². The van der Waals surface area contributed by atoms with Gasteiger partial charge in [-0.1, -0.05) is 11.2 Å². The summed E-state index contributed by atoms with van der Waals surface area (Å²) in [6.07, 6.45) is 3.83. The van der Waals surface area contributed by atoms with Gasteiger partial charge in [-0.3, -0.25) is 0 Å². The van der Waals surface area contributed by atoms with Crippen molar-refractivity contribution in [2.45, 2.75) is 20.8 Å². The van der Waals surface area contributed by atoms with Crippen molar-refractivity contribution in [2.24, 2.45) is 5.16 Å². The highest BCUT2D eigenvalue weighted by molar-refractivity contribution is 5.92. The van der Waals surface area contributed by atoms with Gasteiger partial charge in [0.2, 0.25) is 0 Å². The first-order valence-electron chi connectivity index (χ1n) is 3.10. The molecular weight excluding hydrogens is 114 g/mol. The van der Waals surface area contributed by atoms with Gasteiger partial charge in [-0.2, -0.15) is 0 Å². The van der Waals surface area contributed by atoms with Crippen LogP contribution in [0.3, 0.4) is 0 Å². The van der Waals surface area contributed by atoms with Gasteiger partial charge >= 0.3 is 0 Å². The molecular formula is C7H13NO. The smallest absolute Gasteiger partial charge is 0.114 e. The number of oxime groups is 1. The fourth-order valence-electron chi connectivity index (χ4n) is 0.438. The molecule has 0 heterocycles. The normalized spacial score (nSPS) is 12.6. The summed E-state index contributed by atoms with van der Waals surface area (Å²) in [6.45, 7) is 6.39. The molecule has 0 unspecified atom stereocenters. The Morgan fingerprint density at radius 2 is 2.33 bits per heavy atom. The maximum absolute atomic E-state index is 4.78. The van der Waals surface area contributed by atoms with Crippen molar-refractivity contribution in [1.29, 1.82) is 0 Å². The predicted octanol–water partition coefficient (Wildman–Crippen LogP) is 1.97. The summed E-state index contributed by atoms with van der Waals surface area (Å²) in [4.78, 5) is 4.78. The van der Waals surface area contributed by atoms with Crippen molar-refractivity contribution < 1.29 is 4.84 Å². The van der Waals surface area contributed by atoms with Crippen LogP contribution in [0, 0.1) is 0 Å². The zero-order valence-electron chi connectivity index (χ0n) is 6.22. The van der Waals surface area contributed by atoms with Gasteiger partial charge in [-0.15, -0.1) is 0 Å². The first kappa shape index (κ1) is 8.21. The summed E-state index contributed by atoms with van der Waals surface area (Å²) in [7, 11) is 0. The minimum atomic E-state index is 0.634. The van der Waals surface area contributed by atoms with E-state index in [4.69, 9.17) is 4.84 Å². The quantitative estimate of drug-likeness (QED) is 0.419. The minimum Gasteiger partial charge on any atom is -0.396 e. The average molecular weight is 127 g/mol. The fourth-order valence-corrected chi connectivity index (χ4v) is 0.438. The highest BCUT2D eigenvalue weighted by Crippen LogP contribution is 1.82. The highest BCUT2D eigenvalue weighted by atomic mass is 16.6. The van der Waals surface area contributed by atoms with Gasteiger partial charge in [0.05, 0.1) is 5.71 Å². The molecule has 0 saturated heterocycles. The first-order valence-corrected chi connectivity index (χ1v) is 3.10. The Kier molecular flexibility index (Phi) is 4.88. The molecule has 0 aromatic heterocycles. The van der Waals surface area contributed by atoms with E-state index in [9.17, 15) is 0 Å². The van der Waals surface area contributed by atoms with Crippen molar-refractivity contribution in [3.63, 3.8) is 0 Å². The lowest BCUT2D eigenvalue weighted by atomic mass is 10.4. The molecule has 2 nitrogen and oxygen atoms in total. The van der Waals surface area contributed by atoms with E-state index in [1.54, 1.807) is 0 Å². The van der Waals surface area contributed by atoms with Crippen molar-refractivity contribution in [3.8, 4) is 0 Å². The van der Waals surface area contributed by atoms with E-state index in [0.717, 1.165) is 5.71 Å². The summed E-state index contributed by atoms with van der Waals surface area (Å²) >= 11 is 0. The summed E-state index contributed by atoms with van der Waals surface area (Å²) in [5.74, 6) is 0. The van der Waals surface area contributed by atoms with E-state index in [2.05, 4.69) is 5.16 Å². The third kappa shape index (κ3) is 5.07. The maximum Gasteiger partial charge on any atom is 0.114 e. The van der Waals surface area contributed by atoms with Gasteiger partial charge in [-0.25, -0.2) is 0 Å². The minimum absolute atomic E-state index is 0.634. The molecule has 0 fully saturated rings. The van der Waals surface area contributed by atoms with E-state index in [1.165, 1.54) is 0 Å². The van der Waals surface area contributed by atoms with Crippen LogP contribution in [0.25, 0.3) is 0 Å². The molecule has 2 heteroatoms. The Bertz CT molecular complexity index is 116. The van der Waals surface area contributed by atoms with Crippen LogP contribution in [-0.2, 0) is 4.84 Å². The van der Waals surface area contributed by atoms with Crippen molar-refractivity contribution in [1.82, 2.24) is 0 Å². The SMILES string of the molecule is CC=CC(C)=NOCC. The van der Waals surface area contributed by atoms with Crippen molar-refractivity contribution in [2.75, 3.05) is 6.61 Å². The Hall–Kier alpha value is -0.790. The largest absolute Gasteiger partial charge is 0.396 e. The third-order valence-corrected chi connectivity index (χ3v) is 0.746. The summed E-state index contributed by atoms with van der Waals surface area (Å²) in [6, 6.07) is 0. The molecule has 0 saturated carbocycles. The first-order chi connectivity index (χ1) is 4.31. The third-order valence-electron chi connectivity index (χ3n) is 0.746. The molecule has 0 aromatic carbocycles. The van der Waals surface area contributed by atoms with Crippen LogP contribution >= 0.6 is 0 Å². The Morgan fingerprint density at radius 3 is 2.78 bits per heavy atom. The second-order valence-corrected chi connectivity index (χ2v) is 1.65. The Labute approximate surface area is 56.2 Å². The summed E-state index contributed by atoms with van der Waals surface area (Å²) in [5, 5.41) is 3.76. The molecule has 0 amide bonds. The molecule has 0 aliphatic heterocycles. The van der Waals surface area contributed by atoms with E-state index in [0.29, 0.717) is 6.61 Å². The summed E-state index contributed by atoms with van der Waals surface area (Å²) in [5.41, 5.74) is 0.902. The van der Waals surface area contributed by atoms with Crippen LogP contribution in [0.15, 0.2) is 17.3 Å². The summed E-state index contributed by atoms with van der Waals surface area (Å²) < 4.78 is 0. The van der Waals surface area contributed by atoms with E-state index in [-0.39, 0.29) is 0 Å². The second kappa shape index (κ2) is 5.35. The topological polar surface area (TPSA) is 21.6 Å². The van der Waals surface area contributed by atoms with Crippen LogP contribution in [0.2, 0.25) is 0 Å². The average Bonchev–Trinajstić information content (AvgIpc) is 1.85. The van der Waals surface area contributed by atoms with Gasteiger partial charge in [0.15, 0.2) is 0 Å². The molecule has 9 heavy (non-hydrogen) atoms. The second-order valence-electron chi connectivity index (χ2n) is 1.65. The molecule has 0 radical (unpaired) electrons. The number of nitrogens with zero attached hydrogens (tertiary/aromatic N) is 1. The standard InChI is InChI=1S/C7H13NO/c1-4-6-7(3)8-9-5-2/h4,6H,5H2,1-3H3. The molecule has 0 aliphatic rings. The number of rotatable bonds is 3. The van der Waals surface area contributed by atoms with E-state index < -0.39 is 0 Å². The predicted molar refractivity (Wildman–Crippen MR) is 39.5 cm³/mol. The van der Waals surface area contributed by atoms with Crippen LogP contribution in [-0.4, -0.2) is 12.3 Å². The Morgan fingerprint density at radius 1 is 1.67 bits per heavy atom. The molecule has 0 rings (SSSR count). The van der Waals surface area contributed by atoms with Crippen molar-refractivity contribution >= 4 is 5.71 Å². The number of hydrogen-bond acceptors (Lipinski definition) is 2. The Balaban J connectivity index is 3.55. The van der Waals surface area contributed by atoms with Gasteiger partial charge in [0.25, 0.3) is 0 Å². The van der Waals surface area contributed by atoms with E-state index in [1.807, 2.05) is 32.9 Å². The zero-order valence-corrected chi connectivity index (χ0v) is 6.22. The maximum atomic E-state index is 4.78. The molecule has 0 aliphatic carbocycles. The van der Waals surface area contributed by atoms with Crippen LogP contribution in [0.5, 0.6) is 0 Å². The monoisotopic (exact) mass is 127 g/mol. The van der Waals surface area contributed by atoms with Crippen LogP contribution in [0.1, 0.15) is 20.8 Å². The highest BCUT2D eigenvalue weighted by Gasteiger charge is 1.79. The lowest BCUT2D eigenvalue weighted by molar-refractivity contribution is 0.159. The molecule has 52 valence electrons. The molecule has 0 bridgehead atoms. The van der Waals surface area contributed by atoms with Crippen molar-refractivity contribution in [3.05, 3.63) is 12.2 Å². The molecule has 0 atom stereocenters. The number of hydrogen-bond donors (Lipinski definition) is 0. The lowest BCUT2D eigenvalue weighted by Gasteiger charge is -1.91. The van der Waals surface area contributed by atoms with Crippen LogP contribution in [0.4, 0.5) is 0 Å². The lowest BCUT2D eigenvalue weighted by Crippen LogP contribution is -1.87. The number of allylic oxidation sites excluding steroid dienone is 2. The fraction of sp³-hybridized carbons (Fsp3) is 0.571. The molecule has 0 aromatic rings.